The zero-order valence-corrected chi connectivity index (χ0v) is 22.7. The van der Waals surface area contributed by atoms with Gasteiger partial charge in [0.1, 0.15) is 5.82 Å². The van der Waals surface area contributed by atoms with Crippen molar-refractivity contribution in [2.45, 2.75) is 70.6 Å². The number of benzene rings is 2. The van der Waals surface area contributed by atoms with Gasteiger partial charge in [-0.2, -0.15) is 0 Å². The Hall–Kier alpha value is -1.76. The molecule has 0 radical (unpaired) electrons. The van der Waals surface area contributed by atoms with E-state index in [1.165, 1.54) is 22.3 Å². The van der Waals surface area contributed by atoms with E-state index in [1.54, 1.807) is 17.3 Å². The highest BCUT2D eigenvalue weighted by molar-refractivity contribution is 6.84. The molecular formula is C28H37FOSi2. The molecule has 0 aromatic heterocycles. The van der Waals surface area contributed by atoms with Gasteiger partial charge in [-0.15, -0.1) is 0 Å². The molecule has 0 amide bonds. The minimum Gasteiger partial charge on any atom is -0.411 e. The van der Waals surface area contributed by atoms with Crippen LogP contribution in [0.5, 0.6) is 0 Å². The molecule has 3 atom stereocenters. The van der Waals surface area contributed by atoms with Crippen molar-refractivity contribution in [3.8, 4) is 0 Å². The third-order valence-corrected chi connectivity index (χ3v) is 10.5. The van der Waals surface area contributed by atoms with Crippen LogP contribution in [0.25, 0.3) is 5.57 Å². The number of hydrogen-bond acceptors (Lipinski definition) is 1. The van der Waals surface area contributed by atoms with Gasteiger partial charge in [0.25, 0.3) is 0 Å². The number of fused-ring (bicyclic) bond motifs is 3. The van der Waals surface area contributed by atoms with Gasteiger partial charge in [-0.05, 0) is 78.4 Å². The first-order chi connectivity index (χ1) is 14.8. The Morgan fingerprint density at radius 1 is 0.969 bits per heavy atom. The monoisotopic (exact) mass is 464 g/mol. The molecule has 2 aliphatic carbocycles. The van der Waals surface area contributed by atoms with Gasteiger partial charge in [-0.1, -0.05) is 74.7 Å². The maximum absolute atomic E-state index is 13.7. The summed E-state index contributed by atoms with van der Waals surface area (Å²) in [6, 6.07) is 16.0. The zero-order chi connectivity index (χ0) is 23.5. The molecule has 4 heteroatoms. The van der Waals surface area contributed by atoms with Gasteiger partial charge in [-0.3, -0.25) is 0 Å². The van der Waals surface area contributed by atoms with Gasteiger partial charge in [0, 0.05) is 5.41 Å². The van der Waals surface area contributed by atoms with Crippen molar-refractivity contribution in [3.63, 3.8) is 0 Å². The summed E-state index contributed by atoms with van der Waals surface area (Å²) in [5, 5.41) is 1.55. The van der Waals surface area contributed by atoms with Gasteiger partial charge in [0.2, 0.25) is 0 Å². The lowest BCUT2D eigenvalue weighted by Gasteiger charge is -2.53. The maximum Gasteiger partial charge on any atom is 0.184 e. The van der Waals surface area contributed by atoms with Crippen LogP contribution >= 0.6 is 0 Å². The fourth-order valence-corrected chi connectivity index (χ4v) is 8.84. The van der Waals surface area contributed by atoms with E-state index in [4.69, 9.17) is 11.0 Å². The SMILES string of the molecule is C=C1C(c2ccc(F)cc2)=C([Si](C)(C)C)C[C@]2(C)c3ccccc3[C@H](O[Si](C)(C)C)C[C@@H]12. The van der Waals surface area contributed by atoms with Crippen LogP contribution in [0.2, 0.25) is 39.3 Å². The first kappa shape index (κ1) is 23.4. The molecule has 0 saturated carbocycles. The van der Waals surface area contributed by atoms with E-state index in [9.17, 15) is 4.39 Å². The molecule has 0 heterocycles. The Morgan fingerprint density at radius 3 is 2.19 bits per heavy atom. The molecule has 0 spiro atoms. The predicted octanol–water partition coefficient (Wildman–Crippen LogP) is 8.29. The summed E-state index contributed by atoms with van der Waals surface area (Å²) in [5.74, 6) is 0.115. The molecule has 2 aromatic carbocycles. The molecule has 0 aliphatic heterocycles. The lowest BCUT2D eigenvalue weighted by molar-refractivity contribution is 0.123. The van der Waals surface area contributed by atoms with E-state index in [0.717, 1.165) is 18.4 Å². The number of allylic oxidation sites excluding steroid dienone is 3. The van der Waals surface area contributed by atoms with Crippen molar-refractivity contribution in [3.05, 3.63) is 88.4 Å². The summed E-state index contributed by atoms with van der Waals surface area (Å²) in [6.07, 6.45) is 2.10. The second-order valence-corrected chi connectivity index (χ2v) is 21.4. The van der Waals surface area contributed by atoms with Crippen LogP contribution in [-0.2, 0) is 9.84 Å². The van der Waals surface area contributed by atoms with E-state index in [0.29, 0.717) is 5.92 Å². The second-order valence-electron chi connectivity index (χ2n) is 11.8. The molecule has 4 rings (SSSR count). The molecule has 1 nitrogen and oxygen atoms in total. The molecule has 2 aromatic rings. The van der Waals surface area contributed by atoms with Crippen molar-refractivity contribution in [2.24, 2.45) is 5.92 Å². The summed E-state index contributed by atoms with van der Waals surface area (Å²) in [7, 11) is -3.38. The molecule has 0 N–H and O–H groups in total. The van der Waals surface area contributed by atoms with Crippen LogP contribution in [0.15, 0.2) is 65.9 Å². The Morgan fingerprint density at radius 2 is 1.59 bits per heavy atom. The Bertz CT molecular complexity index is 1070. The van der Waals surface area contributed by atoms with Crippen LogP contribution in [0, 0.1) is 11.7 Å². The largest absolute Gasteiger partial charge is 0.411 e. The second kappa shape index (κ2) is 7.93. The standard InChI is InChI=1S/C28H37FOSi2/c1-19-24-17-25(30-32(6,7)8)22-11-9-10-12-23(22)28(24,2)18-26(31(3,4)5)27(19)20-13-15-21(29)16-14-20/h9-16,24-25H,1,17-18H2,2-8H3/t24-,25+,28+/m0/s1. The molecule has 0 bridgehead atoms. The summed E-state index contributed by atoms with van der Waals surface area (Å²) in [5.41, 5.74) is 6.40. The molecule has 0 fully saturated rings. The van der Waals surface area contributed by atoms with Crippen molar-refractivity contribution in [2.75, 3.05) is 0 Å². The number of rotatable bonds is 4. The van der Waals surface area contributed by atoms with Gasteiger partial charge in [-0.25, -0.2) is 4.39 Å². The van der Waals surface area contributed by atoms with E-state index in [1.807, 2.05) is 12.1 Å². The van der Waals surface area contributed by atoms with Crippen LogP contribution in [0.1, 0.15) is 42.6 Å². The van der Waals surface area contributed by atoms with Gasteiger partial charge in [0.05, 0.1) is 14.2 Å². The van der Waals surface area contributed by atoms with Crippen molar-refractivity contribution >= 4 is 22.0 Å². The quantitative estimate of drug-likeness (QED) is 0.414. The maximum atomic E-state index is 13.7. The molecular weight excluding hydrogens is 427 g/mol. The van der Waals surface area contributed by atoms with Crippen LogP contribution in [0.4, 0.5) is 4.39 Å². The number of hydrogen-bond donors (Lipinski definition) is 0. The lowest BCUT2D eigenvalue weighted by Crippen LogP contribution is -2.46. The van der Waals surface area contributed by atoms with Crippen molar-refractivity contribution in [1.29, 1.82) is 0 Å². The van der Waals surface area contributed by atoms with E-state index in [-0.39, 0.29) is 17.3 Å². The first-order valence-electron chi connectivity index (χ1n) is 11.8. The molecule has 0 saturated heterocycles. The lowest BCUT2D eigenvalue weighted by atomic mass is 9.56. The van der Waals surface area contributed by atoms with Crippen molar-refractivity contribution < 1.29 is 8.82 Å². The highest BCUT2D eigenvalue weighted by Crippen LogP contribution is 2.59. The van der Waals surface area contributed by atoms with Gasteiger partial charge < -0.3 is 4.43 Å². The Kier molecular flexibility index (Phi) is 5.80. The Balaban J connectivity index is 1.91. The molecule has 2 aliphatic rings. The Labute approximate surface area is 195 Å². The first-order valence-corrected chi connectivity index (χ1v) is 18.7. The topological polar surface area (TPSA) is 9.23 Å². The fraction of sp³-hybridized carbons (Fsp3) is 0.429. The van der Waals surface area contributed by atoms with E-state index in [2.05, 4.69) is 70.5 Å². The minimum atomic E-state index is -1.72. The highest BCUT2D eigenvalue weighted by atomic mass is 28.4. The third kappa shape index (κ3) is 4.13. The minimum absolute atomic E-state index is 0.00607. The van der Waals surface area contributed by atoms with Crippen LogP contribution in [-0.4, -0.2) is 16.4 Å². The zero-order valence-electron chi connectivity index (χ0n) is 20.7. The smallest absolute Gasteiger partial charge is 0.184 e. The fourth-order valence-electron chi connectivity index (χ4n) is 5.81. The summed E-state index contributed by atoms with van der Waals surface area (Å²) in [4.78, 5) is 0. The average molecular weight is 465 g/mol. The van der Waals surface area contributed by atoms with Crippen molar-refractivity contribution in [1.82, 2.24) is 0 Å². The highest BCUT2D eigenvalue weighted by Gasteiger charge is 2.51. The molecule has 0 unspecified atom stereocenters. The van der Waals surface area contributed by atoms with Crippen LogP contribution < -0.4 is 0 Å². The third-order valence-electron chi connectivity index (χ3n) is 7.26. The summed E-state index contributed by atoms with van der Waals surface area (Å²) < 4.78 is 20.5. The van der Waals surface area contributed by atoms with Crippen LogP contribution in [0.3, 0.4) is 0 Å². The number of halogens is 1. The summed E-state index contributed by atoms with van der Waals surface area (Å²) >= 11 is 0. The van der Waals surface area contributed by atoms with Gasteiger partial charge in [0.15, 0.2) is 8.32 Å². The summed E-state index contributed by atoms with van der Waals surface area (Å²) in [6.45, 7) is 21.2. The van der Waals surface area contributed by atoms with E-state index >= 15 is 0 Å². The normalized spacial score (nSPS) is 26.1. The van der Waals surface area contributed by atoms with Gasteiger partial charge >= 0.3 is 0 Å². The van der Waals surface area contributed by atoms with E-state index < -0.39 is 16.4 Å². The predicted molar refractivity (Wildman–Crippen MR) is 139 cm³/mol. The average Bonchev–Trinajstić information content (AvgIpc) is 2.69. The molecule has 32 heavy (non-hydrogen) atoms. The molecule has 170 valence electrons.